The van der Waals surface area contributed by atoms with E-state index in [0.717, 1.165) is 51.6 Å². The van der Waals surface area contributed by atoms with Gasteiger partial charge in [0.25, 0.3) is 0 Å². The van der Waals surface area contributed by atoms with Crippen molar-refractivity contribution in [2.45, 2.75) is 56.9 Å². The van der Waals surface area contributed by atoms with Crippen molar-refractivity contribution in [3.63, 3.8) is 0 Å². The van der Waals surface area contributed by atoms with Crippen LogP contribution in [0.25, 0.3) is 0 Å². The minimum absolute atomic E-state index is 0.0865. The molecule has 0 aromatic heterocycles. The predicted octanol–water partition coefficient (Wildman–Crippen LogP) is 4.37. The fourth-order valence-electron chi connectivity index (χ4n) is 5.00. The van der Waals surface area contributed by atoms with Gasteiger partial charge in [-0.1, -0.05) is 42.5 Å². The number of amides is 2. The number of benzene rings is 1. The highest BCUT2D eigenvalue weighted by Gasteiger charge is 2.44. The van der Waals surface area contributed by atoms with E-state index in [2.05, 4.69) is 30.2 Å². The summed E-state index contributed by atoms with van der Waals surface area (Å²) in [7, 11) is 0. The lowest BCUT2D eigenvalue weighted by Crippen LogP contribution is -2.53. The molecule has 1 atom stereocenters. The average Bonchev–Trinajstić information content (AvgIpc) is 3.13. The molecular formula is C25H34N2O2. The lowest BCUT2D eigenvalue weighted by atomic mass is 9.86. The van der Waals surface area contributed by atoms with Gasteiger partial charge in [-0.3, -0.25) is 9.59 Å². The number of likely N-dealkylation sites (tertiary alicyclic amines) is 2. The summed E-state index contributed by atoms with van der Waals surface area (Å²) in [6.07, 6.45) is 10.5. The van der Waals surface area contributed by atoms with Gasteiger partial charge < -0.3 is 9.80 Å². The van der Waals surface area contributed by atoms with Crippen LogP contribution in [0, 0.1) is 5.92 Å². The molecule has 2 heterocycles. The Morgan fingerprint density at radius 1 is 1.17 bits per heavy atom. The number of carbonyl (C=O) groups excluding carboxylic acids is 2. The van der Waals surface area contributed by atoms with Crippen LogP contribution < -0.4 is 0 Å². The van der Waals surface area contributed by atoms with Crippen LogP contribution in [0.3, 0.4) is 0 Å². The van der Waals surface area contributed by atoms with Gasteiger partial charge in [0.15, 0.2) is 0 Å². The molecule has 0 radical (unpaired) electrons. The van der Waals surface area contributed by atoms with Crippen molar-refractivity contribution in [2.75, 3.05) is 19.6 Å². The molecule has 1 aromatic carbocycles. The quantitative estimate of drug-likeness (QED) is 0.584. The second-order valence-electron chi connectivity index (χ2n) is 8.47. The first-order chi connectivity index (χ1) is 14.1. The SMILES string of the molecule is C=CCC1(CC=C)CCCN1C(=O)[C@H]1CCC(=O)N(CCCc2ccccc2)C1. The van der Waals surface area contributed by atoms with E-state index in [1.807, 2.05) is 35.3 Å². The Kier molecular flexibility index (Phi) is 7.29. The summed E-state index contributed by atoms with van der Waals surface area (Å²) in [5.74, 6) is 0.315. The van der Waals surface area contributed by atoms with Crippen LogP contribution in [0.4, 0.5) is 0 Å². The van der Waals surface area contributed by atoms with E-state index in [4.69, 9.17) is 0 Å². The van der Waals surface area contributed by atoms with Crippen molar-refractivity contribution in [1.82, 2.24) is 9.80 Å². The topological polar surface area (TPSA) is 40.6 Å². The minimum atomic E-state index is -0.166. The van der Waals surface area contributed by atoms with Gasteiger partial charge in [-0.2, -0.15) is 0 Å². The molecule has 3 rings (SSSR count). The summed E-state index contributed by atoms with van der Waals surface area (Å²) < 4.78 is 0. The van der Waals surface area contributed by atoms with E-state index in [-0.39, 0.29) is 23.3 Å². The molecule has 156 valence electrons. The summed E-state index contributed by atoms with van der Waals surface area (Å²) in [6.45, 7) is 9.91. The van der Waals surface area contributed by atoms with E-state index in [1.165, 1.54) is 5.56 Å². The number of rotatable bonds is 9. The van der Waals surface area contributed by atoms with Gasteiger partial charge in [-0.15, -0.1) is 13.2 Å². The molecule has 29 heavy (non-hydrogen) atoms. The first-order valence-corrected chi connectivity index (χ1v) is 10.9. The molecule has 1 aromatic rings. The maximum atomic E-state index is 13.4. The van der Waals surface area contributed by atoms with Crippen LogP contribution in [0.1, 0.15) is 50.5 Å². The predicted molar refractivity (Wildman–Crippen MR) is 117 cm³/mol. The molecule has 0 spiro atoms. The summed E-state index contributed by atoms with van der Waals surface area (Å²) in [6, 6.07) is 10.4. The van der Waals surface area contributed by atoms with E-state index in [0.29, 0.717) is 19.4 Å². The number of aryl methyl sites for hydroxylation is 1. The van der Waals surface area contributed by atoms with Crippen molar-refractivity contribution in [3.8, 4) is 0 Å². The second-order valence-corrected chi connectivity index (χ2v) is 8.47. The molecule has 0 saturated carbocycles. The van der Waals surface area contributed by atoms with Crippen molar-refractivity contribution < 1.29 is 9.59 Å². The number of hydrogen-bond donors (Lipinski definition) is 0. The number of hydrogen-bond acceptors (Lipinski definition) is 2. The Balaban J connectivity index is 1.61. The molecule has 4 nitrogen and oxygen atoms in total. The van der Waals surface area contributed by atoms with Crippen molar-refractivity contribution in [3.05, 3.63) is 61.2 Å². The van der Waals surface area contributed by atoms with E-state index < -0.39 is 0 Å². The Hall–Kier alpha value is -2.36. The maximum absolute atomic E-state index is 13.4. The van der Waals surface area contributed by atoms with Crippen LogP contribution in [0.2, 0.25) is 0 Å². The highest BCUT2D eigenvalue weighted by molar-refractivity contribution is 5.84. The summed E-state index contributed by atoms with van der Waals surface area (Å²) in [5, 5.41) is 0. The highest BCUT2D eigenvalue weighted by atomic mass is 16.2. The van der Waals surface area contributed by atoms with Crippen LogP contribution in [-0.4, -0.2) is 46.8 Å². The second kappa shape index (κ2) is 9.91. The molecule has 0 unspecified atom stereocenters. The molecule has 2 aliphatic rings. The smallest absolute Gasteiger partial charge is 0.227 e. The molecule has 4 heteroatoms. The normalized spacial score (nSPS) is 21.2. The Morgan fingerprint density at radius 3 is 2.59 bits per heavy atom. The molecular weight excluding hydrogens is 360 g/mol. The molecule has 2 aliphatic heterocycles. The van der Waals surface area contributed by atoms with Crippen LogP contribution >= 0.6 is 0 Å². The zero-order chi connectivity index (χ0) is 20.7. The molecule has 2 fully saturated rings. The molecule has 0 N–H and O–H groups in total. The fourth-order valence-corrected chi connectivity index (χ4v) is 5.00. The van der Waals surface area contributed by atoms with Crippen molar-refractivity contribution in [2.24, 2.45) is 5.92 Å². The molecule has 0 bridgehead atoms. The highest BCUT2D eigenvalue weighted by Crippen LogP contribution is 2.38. The standard InChI is InChI=1S/C25H34N2O2/c1-3-15-25(16-4-2)17-9-19-27(25)24(29)22-13-14-23(28)26(20-22)18-8-12-21-10-6-5-7-11-21/h3-7,10-11,22H,1-2,8-9,12-20H2/t22-/m0/s1. The summed E-state index contributed by atoms with van der Waals surface area (Å²) >= 11 is 0. The zero-order valence-electron chi connectivity index (χ0n) is 17.5. The van der Waals surface area contributed by atoms with Gasteiger partial charge in [-0.05, 0) is 50.5 Å². The number of carbonyl (C=O) groups is 2. The maximum Gasteiger partial charge on any atom is 0.227 e. The minimum Gasteiger partial charge on any atom is -0.342 e. The van der Waals surface area contributed by atoms with Gasteiger partial charge in [0.2, 0.25) is 11.8 Å². The lowest BCUT2D eigenvalue weighted by Gasteiger charge is -2.41. The fraction of sp³-hybridized carbons (Fsp3) is 0.520. The number of nitrogens with zero attached hydrogens (tertiary/aromatic N) is 2. The Morgan fingerprint density at radius 2 is 1.90 bits per heavy atom. The van der Waals surface area contributed by atoms with Gasteiger partial charge in [0.05, 0.1) is 5.92 Å². The zero-order valence-corrected chi connectivity index (χ0v) is 17.5. The van der Waals surface area contributed by atoms with Gasteiger partial charge >= 0.3 is 0 Å². The third kappa shape index (κ3) is 4.98. The lowest BCUT2D eigenvalue weighted by molar-refractivity contribution is -0.145. The van der Waals surface area contributed by atoms with Crippen LogP contribution in [0.5, 0.6) is 0 Å². The molecule has 0 aliphatic carbocycles. The molecule has 2 amide bonds. The van der Waals surface area contributed by atoms with E-state index in [1.54, 1.807) is 0 Å². The third-order valence-corrected chi connectivity index (χ3v) is 6.50. The van der Waals surface area contributed by atoms with Crippen molar-refractivity contribution in [1.29, 1.82) is 0 Å². The van der Waals surface area contributed by atoms with Crippen LogP contribution in [-0.2, 0) is 16.0 Å². The largest absolute Gasteiger partial charge is 0.342 e. The van der Waals surface area contributed by atoms with Gasteiger partial charge in [0, 0.05) is 31.6 Å². The average molecular weight is 395 g/mol. The Labute approximate surface area is 175 Å². The van der Waals surface area contributed by atoms with E-state index in [9.17, 15) is 9.59 Å². The first kappa shape index (κ1) is 21.4. The summed E-state index contributed by atoms with van der Waals surface area (Å²) in [5.41, 5.74) is 1.13. The van der Waals surface area contributed by atoms with Crippen molar-refractivity contribution >= 4 is 11.8 Å². The van der Waals surface area contributed by atoms with Gasteiger partial charge in [-0.25, -0.2) is 0 Å². The Bertz CT molecular complexity index is 718. The summed E-state index contributed by atoms with van der Waals surface area (Å²) in [4.78, 5) is 29.9. The number of piperidine rings is 1. The monoisotopic (exact) mass is 394 g/mol. The van der Waals surface area contributed by atoms with Gasteiger partial charge in [0.1, 0.15) is 0 Å². The first-order valence-electron chi connectivity index (χ1n) is 10.9. The third-order valence-electron chi connectivity index (χ3n) is 6.50. The van der Waals surface area contributed by atoms with Crippen LogP contribution in [0.15, 0.2) is 55.6 Å². The van der Waals surface area contributed by atoms with E-state index >= 15 is 0 Å². The molecule has 2 saturated heterocycles.